The topological polar surface area (TPSA) is 60.0 Å². The maximum atomic E-state index is 12.6. The minimum atomic E-state index is -0.0629. The van der Waals surface area contributed by atoms with Crippen molar-refractivity contribution in [3.05, 3.63) is 48.0 Å². The van der Waals surface area contributed by atoms with Crippen LogP contribution in [0.3, 0.4) is 0 Å². The molecule has 0 saturated carbocycles. The fourth-order valence-electron chi connectivity index (χ4n) is 3.23. The zero-order valence-corrected chi connectivity index (χ0v) is 16.0. The molecule has 2 aromatic carbocycles. The van der Waals surface area contributed by atoms with Gasteiger partial charge < -0.3 is 24.4 Å². The molecule has 0 spiro atoms. The fraction of sp³-hybridized carbons (Fsp3) is 0.350. The molecule has 0 aliphatic carbocycles. The molecule has 0 radical (unpaired) electrons. The molecule has 142 valence electrons. The number of carbonyl (C=O) groups is 1. The third kappa shape index (κ3) is 4.08. The first-order chi connectivity index (χ1) is 13.2. The maximum absolute atomic E-state index is 12.6. The highest BCUT2D eigenvalue weighted by Gasteiger charge is 2.24. The smallest absolute Gasteiger partial charge is 0.321 e. The molecule has 2 heterocycles. The van der Waals surface area contributed by atoms with Crippen LogP contribution in [0, 0.1) is 0 Å². The zero-order valence-electron chi connectivity index (χ0n) is 15.1. The Hall–Kier alpha value is -2.54. The highest BCUT2D eigenvalue weighted by Crippen LogP contribution is 2.40. The van der Waals surface area contributed by atoms with Gasteiger partial charge in [-0.15, -0.1) is 0 Å². The summed E-state index contributed by atoms with van der Waals surface area (Å²) in [5, 5.41) is 3.31. The number of anilines is 1. The summed E-state index contributed by atoms with van der Waals surface area (Å²) in [6, 6.07) is 13.4. The number of methoxy groups -OCH3 is 1. The number of nitrogens with one attached hydrogen (secondary N) is 1. The van der Waals surface area contributed by atoms with Crippen molar-refractivity contribution in [2.75, 3.05) is 38.1 Å². The van der Waals surface area contributed by atoms with Crippen molar-refractivity contribution in [1.82, 2.24) is 4.90 Å². The van der Waals surface area contributed by atoms with E-state index in [9.17, 15) is 4.79 Å². The average molecular weight is 386 g/mol. The SMILES string of the molecule is COc1ccc(NC(=O)N2CCSC(c3ccc4c(c3)OCO4)CC2)cc1. The van der Waals surface area contributed by atoms with Gasteiger partial charge in [0.1, 0.15) is 5.75 Å². The zero-order chi connectivity index (χ0) is 18.6. The predicted octanol–water partition coefficient (Wildman–Crippen LogP) is 4.14. The number of urea groups is 1. The number of amides is 2. The number of ether oxygens (including phenoxy) is 3. The summed E-state index contributed by atoms with van der Waals surface area (Å²) in [5.41, 5.74) is 1.99. The molecule has 0 aromatic heterocycles. The summed E-state index contributed by atoms with van der Waals surface area (Å²) in [7, 11) is 1.62. The number of fused-ring (bicyclic) bond motifs is 1. The molecule has 1 saturated heterocycles. The molecule has 0 bridgehead atoms. The molecule has 1 N–H and O–H groups in total. The molecule has 2 aromatic rings. The Morgan fingerprint density at radius 2 is 1.96 bits per heavy atom. The summed E-state index contributed by atoms with van der Waals surface area (Å²) >= 11 is 1.88. The Labute approximate surface area is 162 Å². The van der Waals surface area contributed by atoms with Crippen LogP contribution in [0.2, 0.25) is 0 Å². The van der Waals surface area contributed by atoms with Crippen LogP contribution in [0.1, 0.15) is 17.2 Å². The second kappa shape index (κ2) is 8.00. The van der Waals surface area contributed by atoms with Gasteiger partial charge in [-0.3, -0.25) is 0 Å². The normalized spacial score (nSPS) is 18.7. The quantitative estimate of drug-likeness (QED) is 0.859. The van der Waals surface area contributed by atoms with Gasteiger partial charge in [0.05, 0.1) is 7.11 Å². The van der Waals surface area contributed by atoms with E-state index in [4.69, 9.17) is 14.2 Å². The number of hydrogen-bond donors (Lipinski definition) is 1. The van der Waals surface area contributed by atoms with Crippen LogP contribution in [0.4, 0.5) is 10.5 Å². The van der Waals surface area contributed by atoms with Gasteiger partial charge >= 0.3 is 6.03 Å². The molecule has 2 amide bonds. The maximum Gasteiger partial charge on any atom is 0.321 e. The van der Waals surface area contributed by atoms with E-state index in [0.29, 0.717) is 11.8 Å². The van der Waals surface area contributed by atoms with E-state index in [-0.39, 0.29) is 12.8 Å². The average Bonchev–Trinajstić information content (AvgIpc) is 3.03. The lowest BCUT2D eigenvalue weighted by Crippen LogP contribution is -2.36. The molecule has 27 heavy (non-hydrogen) atoms. The molecule has 1 fully saturated rings. The Bertz CT molecular complexity index is 812. The van der Waals surface area contributed by atoms with Gasteiger partial charge in [0, 0.05) is 29.8 Å². The molecule has 1 unspecified atom stereocenters. The van der Waals surface area contributed by atoms with Crippen LogP contribution in [-0.4, -0.2) is 43.7 Å². The molecule has 7 heteroatoms. The Balaban J connectivity index is 1.37. The third-order valence-electron chi connectivity index (χ3n) is 4.74. The minimum Gasteiger partial charge on any atom is -0.497 e. The van der Waals surface area contributed by atoms with Crippen LogP contribution in [-0.2, 0) is 0 Å². The molecular formula is C20H22N2O4S. The van der Waals surface area contributed by atoms with Crippen LogP contribution in [0.25, 0.3) is 0 Å². The van der Waals surface area contributed by atoms with Crippen molar-refractivity contribution < 1.29 is 19.0 Å². The van der Waals surface area contributed by atoms with Crippen LogP contribution < -0.4 is 19.5 Å². The van der Waals surface area contributed by atoms with E-state index in [2.05, 4.69) is 17.4 Å². The molecule has 2 aliphatic heterocycles. The largest absolute Gasteiger partial charge is 0.497 e. The van der Waals surface area contributed by atoms with Gasteiger partial charge in [-0.1, -0.05) is 6.07 Å². The van der Waals surface area contributed by atoms with Crippen molar-refractivity contribution in [2.24, 2.45) is 0 Å². The molecular weight excluding hydrogens is 364 g/mol. The fourth-order valence-corrected chi connectivity index (χ4v) is 4.45. The van der Waals surface area contributed by atoms with Gasteiger partial charge in [-0.2, -0.15) is 11.8 Å². The summed E-state index contributed by atoms with van der Waals surface area (Å²) in [5.74, 6) is 3.28. The van der Waals surface area contributed by atoms with E-state index >= 15 is 0 Å². The first-order valence-corrected chi connectivity index (χ1v) is 9.99. The summed E-state index contributed by atoms with van der Waals surface area (Å²) in [6.07, 6.45) is 0.903. The van der Waals surface area contributed by atoms with E-state index < -0.39 is 0 Å². The van der Waals surface area contributed by atoms with Gasteiger partial charge in [0.15, 0.2) is 11.5 Å². The number of hydrogen-bond acceptors (Lipinski definition) is 5. The summed E-state index contributed by atoms with van der Waals surface area (Å²) < 4.78 is 16.0. The monoisotopic (exact) mass is 386 g/mol. The van der Waals surface area contributed by atoms with Gasteiger partial charge in [0.2, 0.25) is 6.79 Å². The second-order valence-corrected chi connectivity index (χ2v) is 7.72. The molecule has 2 aliphatic rings. The standard InChI is InChI=1S/C20H22N2O4S/c1-24-16-5-3-15(4-6-16)21-20(23)22-9-8-19(27-11-10-22)14-2-7-17-18(12-14)26-13-25-17/h2-7,12,19H,8-11,13H2,1H3,(H,21,23). The Morgan fingerprint density at radius 3 is 2.78 bits per heavy atom. The first kappa shape index (κ1) is 17.9. The lowest BCUT2D eigenvalue weighted by atomic mass is 10.1. The van der Waals surface area contributed by atoms with Gasteiger partial charge in [-0.25, -0.2) is 4.79 Å². The van der Waals surface area contributed by atoms with E-state index in [0.717, 1.165) is 41.7 Å². The van der Waals surface area contributed by atoms with Crippen molar-refractivity contribution in [1.29, 1.82) is 0 Å². The van der Waals surface area contributed by atoms with Crippen molar-refractivity contribution in [2.45, 2.75) is 11.7 Å². The van der Waals surface area contributed by atoms with E-state index in [1.165, 1.54) is 5.56 Å². The molecule has 4 rings (SSSR count). The lowest BCUT2D eigenvalue weighted by molar-refractivity contribution is 0.174. The van der Waals surface area contributed by atoms with Crippen LogP contribution in [0.5, 0.6) is 17.2 Å². The highest BCUT2D eigenvalue weighted by atomic mass is 32.2. The number of carbonyl (C=O) groups excluding carboxylic acids is 1. The highest BCUT2D eigenvalue weighted by molar-refractivity contribution is 7.99. The minimum absolute atomic E-state index is 0.0629. The van der Waals surface area contributed by atoms with Crippen LogP contribution >= 0.6 is 11.8 Å². The summed E-state index contributed by atoms with van der Waals surface area (Å²) in [6.45, 7) is 1.73. The predicted molar refractivity (Wildman–Crippen MR) is 106 cm³/mol. The van der Waals surface area contributed by atoms with Crippen molar-refractivity contribution in [3.8, 4) is 17.2 Å². The van der Waals surface area contributed by atoms with E-state index in [1.54, 1.807) is 7.11 Å². The third-order valence-corrected chi connectivity index (χ3v) is 6.07. The van der Waals surface area contributed by atoms with Gasteiger partial charge in [0.25, 0.3) is 0 Å². The van der Waals surface area contributed by atoms with E-state index in [1.807, 2.05) is 47.0 Å². The number of benzene rings is 2. The Morgan fingerprint density at radius 1 is 1.15 bits per heavy atom. The van der Waals surface area contributed by atoms with Crippen LogP contribution in [0.15, 0.2) is 42.5 Å². The Kier molecular flexibility index (Phi) is 5.29. The number of rotatable bonds is 3. The first-order valence-electron chi connectivity index (χ1n) is 8.94. The lowest BCUT2D eigenvalue weighted by Gasteiger charge is -2.21. The number of nitrogens with zero attached hydrogens (tertiary/aromatic N) is 1. The number of thioether (sulfide) groups is 1. The summed E-state index contributed by atoms with van der Waals surface area (Å²) in [4.78, 5) is 14.5. The van der Waals surface area contributed by atoms with Crippen molar-refractivity contribution in [3.63, 3.8) is 0 Å². The second-order valence-electron chi connectivity index (χ2n) is 6.41. The van der Waals surface area contributed by atoms with Gasteiger partial charge in [-0.05, 0) is 48.4 Å². The molecule has 6 nitrogen and oxygen atoms in total. The van der Waals surface area contributed by atoms with Crippen molar-refractivity contribution >= 4 is 23.5 Å². The molecule has 1 atom stereocenters.